The molecule has 0 radical (unpaired) electrons. The van der Waals surface area contributed by atoms with Gasteiger partial charge in [-0.2, -0.15) is 0 Å². The number of imide groups is 1. The summed E-state index contributed by atoms with van der Waals surface area (Å²) < 4.78 is 27.1. The van der Waals surface area contributed by atoms with Crippen molar-refractivity contribution in [3.63, 3.8) is 0 Å². The Hall–Kier alpha value is -3.71. The van der Waals surface area contributed by atoms with Crippen LogP contribution in [0.15, 0.2) is 72.4 Å². The standard InChI is InChI=1S/C24H18ClF2N3O2/c1-29(2)17-8-10-18(11-9-17)30-23(31)21(14-3-5-15(25)6-4-14)22(24(30)32)28-16-7-12-19(26)20(27)13-16/h3-13,28H,1-2H3. The molecule has 1 aliphatic heterocycles. The summed E-state index contributed by atoms with van der Waals surface area (Å²) >= 11 is 5.97. The zero-order chi connectivity index (χ0) is 23.0. The van der Waals surface area contributed by atoms with Crippen LogP contribution in [0, 0.1) is 11.6 Å². The molecule has 1 heterocycles. The number of carbonyl (C=O) groups excluding carboxylic acids is 2. The van der Waals surface area contributed by atoms with Crippen molar-refractivity contribution in [2.75, 3.05) is 29.2 Å². The molecule has 4 rings (SSSR count). The third-order valence-electron chi connectivity index (χ3n) is 5.03. The first kappa shape index (κ1) is 21.5. The van der Waals surface area contributed by atoms with Gasteiger partial charge in [-0.05, 0) is 54.1 Å². The predicted octanol–water partition coefficient (Wildman–Crippen LogP) is 5.08. The van der Waals surface area contributed by atoms with Gasteiger partial charge in [0.1, 0.15) is 5.70 Å². The highest BCUT2D eigenvalue weighted by Crippen LogP contribution is 2.35. The van der Waals surface area contributed by atoms with Crippen LogP contribution in [-0.4, -0.2) is 25.9 Å². The van der Waals surface area contributed by atoms with E-state index >= 15 is 0 Å². The van der Waals surface area contributed by atoms with Gasteiger partial charge in [0.05, 0.1) is 11.3 Å². The summed E-state index contributed by atoms with van der Waals surface area (Å²) in [5.41, 5.74) is 1.95. The smallest absolute Gasteiger partial charge is 0.282 e. The van der Waals surface area contributed by atoms with E-state index in [9.17, 15) is 18.4 Å². The SMILES string of the molecule is CN(C)c1ccc(N2C(=O)C(Nc3ccc(F)c(F)c3)=C(c3ccc(Cl)cc3)C2=O)cc1. The molecule has 0 aromatic heterocycles. The molecule has 0 bridgehead atoms. The molecule has 1 aliphatic rings. The number of halogens is 3. The quantitative estimate of drug-likeness (QED) is 0.547. The Morgan fingerprint density at radius 3 is 2.09 bits per heavy atom. The molecule has 162 valence electrons. The fourth-order valence-electron chi connectivity index (χ4n) is 3.38. The van der Waals surface area contributed by atoms with E-state index in [1.165, 1.54) is 6.07 Å². The van der Waals surface area contributed by atoms with Crippen LogP contribution in [0.2, 0.25) is 5.02 Å². The van der Waals surface area contributed by atoms with Gasteiger partial charge < -0.3 is 10.2 Å². The van der Waals surface area contributed by atoms with Crippen LogP contribution in [0.1, 0.15) is 5.56 Å². The first-order valence-corrected chi connectivity index (χ1v) is 10.0. The third kappa shape index (κ3) is 3.94. The number of hydrogen-bond acceptors (Lipinski definition) is 4. The van der Waals surface area contributed by atoms with Gasteiger partial charge in [-0.3, -0.25) is 9.59 Å². The molecule has 2 amide bonds. The lowest BCUT2D eigenvalue weighted by atomic mass is 10.0. The van der Waals surface area contributed by atoms with Crippen LogP contribution >= 0.6 is 11.6 Å². The van der Waals surface area contributed by atoms with Gasteiger partial charge in [-0.1, -0.05) is 23.7 Å². The third-order valence-corrected chi connectivity index (χ3v) is 5.28. The zero-order valence-corrected chi connectivity index (χ0v) is 18.0. The molecule has 1 N–H and O–H groups in total. The van der Waals surface area contributed by atoms with Gasteiger partial charge in [0.2, 0.25) is 0 Å². The maximum absolute atomic E-state index is 13.7. The first-order valence-electron chi connectivity index (χ1n) is 9.64. The second-order valence-electron chi connectivity index (χ2n) is 7.37. The Bertz CT molecular complexity index is 1240. The molecule has 0 fully saturated rings. The lowest BCUT2D eigenvalue weighted by Gasteiger charge is -2.18. The Labute approximate surface area is 188 Å². The maximum Gasteiger partial charge on any atom is 0.282 e. The largest absolute Gasteiger partial charge is 0.378 e. The van der Waals surface area contributed by atoms with Gasteiger partial charge in [0.15, 0.2) is 11.6 Å². The van der Waals surface area contributed by atoms with Crippen molar-refractivity contribution in [2.45, 2.75) is 0 Å². The van der Waals surface area contributed by atoms with Crippen LogP contribution in [0.3, 0.4) is 0 Å². The summed E-state index contributed by atoms with van der Waals surface area (Å²) in [6.07, 6.45) is 0. The average Bonchev–Trinajstić information content (AvgIpc) is 3.01. The van der Waals surface area contributed by atoms with E-state index in [-0.39, 0.29) is 17.0 Å². The highest BCUT2D eigenvalue weighted by molar-refractivity contribution is 6.46. The number of nitrogens with zero attached hydrogens (tertiary/aromatic N) is 2. The van der Waals surface area contributed by atoms with Gasteiger partial charge in [-0.25, -0.2) is 13.7 Å². The number of benzene rings is 3. The van der Waals surface area contributed by atoms with E-state index in [0.717, 1.165) is 22.7 Å². The monoisotopic (exact) mass is 453 g/mol. The Balaban J connectivity index is 1.79. The number of anilines is 3. The normalized spacial score (nSPS) is 13.7. The number of rotatable bonds is 5. The molecule has 0 saturated heterocycles. The number of amides is 2. The second-order valence-corrected chi connectivity index (χ2v) is 7.80. The summed E-state index contributed by atoms with van der Waals surface area (Å²) in [5.74, 6) is -3.24. The van der Waals surface area contributed by atoms with Crippen molar-refractivity contribution >= 4 is 46.1 Å². The van der Waals surface area contributed by atoms with E-state index in [1.807, 2.05) is 19.0 Å². The maximum atomic E-state index is 13.7. The number of carbonyl (C=O) groups is 2. The van der Waals surface area contributed by atoms with Crippen molar-refractivity contribution < 1.29 is 18.4 Å². The van der Waals surface area contributed by atoms with Gasteiger partial charge in [0, 0.05) is 36.6 Å². The minimum Gasteiger partial charge on any atom is -0.378 e. The zero-order valence-electron chi connectivity index (χ0n) is 17.2. The Morgan fingerprint density at radius 1 is 0.844 bits per heavy atom. The van der Waals surface area contributed by atoms with Crippen molar-refractivity contribution in [1.82, 2.24) is 0 Å². The Morgan fingerprint density at radius 2 is 1.50 bits per heavy atom. The highest BCUT2D eigenvalue weighted by atomic mass is 35.5. The fourth-order valence-corrected chi connectivity index (χ4v) is 3.51. The van der Waals surface area contributed by atoms with E-state index < -0.39 is 23.4 Å². The Kier molecular flexibility index (Phi) is 5.67. The van der Waals surface area contributed by atoms with Crippen LogP contribution in [-0.2, 0) is 9.59 Å². The fraction of sp³-hybridized carbons (Fsp3) is 0.0833. The van der Waals surface area contributed by atoms with E-state index in [1.54, 1.807) is 48.5 Å². The average molecular weight is 454 g/mol. The minimum absolute atomic E-state index is 0.0417. The summed E-state index contributed by atoms with van der Waals surface area (Å²) in [6, 6.07) is 16.5. The molecular weight excluding hydrogens is 436 g/mol. The molecule has 0 atom stereocenters. The molecule has 3 aromatic carbocycles. The van der Waals surface area contributed by atoms with Crippen LogP contribution < -0.4 is 15.1 Å². The number of nitrogens with one attached hydrogen (secondary N) is 1. The first-order chi connectivity index (χ1) is 15.3. The number of hydrogen-bond donors (Lipinski definition) is 1. The van der Waals surface area contributed by atoms with Crippen LogP contribution in [0.25, 0.3) is 5.57 Å². The highest BCUT2D eigenvalue weighted by Gasteiger charge is 2.40. The van der Waals surface area contributed by atoms with Gasteiger partial charge in [0.25, 0.3) is 11.8 Å². The van der Waals surface area contributed by atoms with E-state index in [4.69, 9.17) is 11.6 Å². The van der Waals surface area contributed by atoms with Crippen LogP contribution in [0.5, 0.6) is 0 Å². The van der Waals surface area contributed by atoms with E-state index in [2.05, 4.69) is 5.32 Å². The second kappa shape index (κ2) is 8.43. The molecule has 0 saturated carbocycles. The molecule has 5 nitrogen and oxygen atoms in total. The molecular formula is C24H18ClF2N3O2. The van der Waals surface area contributed by atoms with Crippen molar-refractivity contribution in [3.05, 3.63) is 94.6 Å². The molecule has 3 aromatic rings. The summed E-state index contributed by atoms with van der Waals surface area (Å²) in [6.45, 7) is 0. The molecule has 8 heteroatoms. The van der Waals surface area contributed by atoms with Crippen molar-refractivity contribution in [2.24, 2.45) is 0 Å². The predicted molar refractivity (Wildman–Crippen MR) is 122 cm³/mol. The topological polar surface area (TPSA) is 52.6 Å². The molecule has 0 unspecified atom stereocenters. The van der Waals surface area contributed by atoms with Crippen molar-refractivity contribution in [3.8, 4) is 0 Å². The molecule has 32 heavy (non-hydrogen) atoms. The van der Waals surface area contributed by atoms with Crippen molar-refractivity contribution in [1.29, 1.82) is 0 Å². The summed E-state index contributed by atoms with van der Waals surface area (Å²) in [4.78, 5) is 29.6. The summed E-state index contributed by atoms with van der Waals surface area (Å²) in [7, 11) is 3.76. The summed E-state index contributed by atoms with van der Waals surface area (Å²) in [5, 5.41) is 3.27. The molecule has 0 aliphatic carbocycles. The molecule has 0 spiro atoms. The van der Waals surface area contributed by atoms with Gasteiger partial charge in [-0.15, -0.1) is 0 Å². The van der Waals surface area contributed by atoms with E-state index in [0.29, 0.717) is 16.3 Å². The van der Waals surface area contributed by atoms with Gasteiger partial charge >= 0.3 is 0 Å². The van der Waals surface area contributed by atoms with Crippen LogP contribution in [0.4, 0.5) is 25.8 Å². The lowest BCUT2D eigenvalue weighted by molar-refractivity contribution is -0.120. The minimum atomic E-state index is -1.07. The lowest BCUT2D eigenvalue weighted by Crippen LogP contribution is -2.32.